The number of anilines is 1. The first-order chi connectivity index (χ1) is 9.79. The second-order valence-electron chi connectivity index (χ2n) is 4.47. The van der Waals surface area contributed by atoms with Crippen LogP contribution in [0.2, 0.25) is 0 Å². The molecule has 0 spiro atoms. The Bertz CT molecular complexity index is 675. The van der Waals surface area contributed by atoms with Crippen LogP contribution in [0.15, 0.2) is 63.9 Å². The number of nitrogens with zero attached hydrogens (tertiary/aromatic N) is 2. The van der Waals surface area contributed by atoms with Gasteiger partial charge in [0, 0.05) is 6.20 Å². The van der Waals surface area contributed by atoms with Crippen molar-refractivity contribution in [3.05, 3.63) is 70.9 Å². The SMILES string of the molecule is Brc1ccc(CNc2cnn(Cc3ccccc3)c2)o1. The van der Waals surface area contributed by atoms with Crippen molar-refractivity contribution in [2.45, 2.75) is 13.1 Å². The van der Waals surface area contributed by atoms with Gasteiger partial charge >= 0.3 is 0 Å². The zero-order valence-electron chi connectivity index (χ0n) is 10.8. The number of furan rings is 1. The van der Waals surface area contributed by atoms with Crippen molar-refractivity contribution in [1.29, 1.82) is 0 Å². The van der Waals surface area contributed by atoms with Crippen LogP contribution in [0.5, 0.6) is 0 Å². The molecule has 3 aromatic rings. The number of rotatable bonds is 5. The third kappa shape index (κ3) is 3.30. The zero-order chi connectivity index (χ0) is 13.8. The van der Waals surface area contributed by atoms with Crippen molar-refractivity contribution in [3.8, 4) is 0 Å². The van der Waals surface area contributed by atoms with Crippen LogP contribution in [-0.2, 0) is 13.1 Å². The molecule has 0 amide bonds. The lowest BCUT2D eigenvalue weighted by atomic mass is 10.2. The molecular formula is C15H14BrN3O. The van der Waals surface area contributed by atoms with Crippen LogP contribution in [-0.4, -0.2) is 9.78 Å². The molecule has 0 atom stereocenters. The maximum absolute atomic E-state index is 5.43. The maximum Gasteiger partial charge on any atom is 0.169 e. The molecule has 0 fully saturated rings. The summed E-state index contributed by atoms with van der Waals surface area (Å²) in [6.45, 7) is 1.41. The van der Waals surface area contributed by atoms with E-state index in [9.17, 15) is 0 Å². The molecule has 0 bridgehead atoms. The Hall–Kier alpha value is -2.01. The van der Waals surface area contributed by atoms with Gasteiger partial charge in [0.15, 0.2) is 4.67 Å². The second kappa shape index (κ2) is 5.96. The van der Waals surface area contributed by atoms with E-state index >= 15 is 0 Å². The highest BCUT2D eigenvalue weighted by molar-refractivity contribution is 9.10. The minimum Gasteiger partial charge on any atom is -0.452 e. The van der Waals surface area contributed by atoms with Gasteiger partial charge in [0.05, 0.1) is 25.0 Å². The third-order valence-corrected chi connectivity index (χ3v) is 3.34. The van der Waals surface area contributed by atoms with Crippen LogP contribution < -0.4 is 5.32 Å². The zero-order valence-corrected chi connectivity index (χ0v) is 12.4. The maximum atomic E-state index is 5.43. The molecule has 0 saturated carbocycles. The summed E-state index contributed by atoms with van der Waals surface area (Å²) < 4.78 is 8.09. The summed E-state index contributed by atoms with van der Waals surface area (Å²) in [7, 11) is 0. The van der Waals surface area contributed by atoms with E-state index in [2.05, 4.69) is 38.5 Å². The molecule has 20 heavy (non-hydrogen) atoms. The van der Waals surface area contributed by atoms with Gasteiger partial charge in [-0.3, -0.25) is 4.68 Å². The van der Waals surface area contributed by atoms with Gasteiger partial charge in [-0.1, -0.05) is 30.3 Å². The highest BCUT2D eigenvalue weighted by Gasteiger charge is 2.02. The predicted molar refractivity (Wildman–Crippen MR) is 81.5 cm³/mol. The first-order valence-corrected chi connectivity index (χ1v) is 7.13. The van der Waals surface area contributed by atoms with E-state index in [-0.39, 0.29) is 0 Å². The van der Waals surface area contributed by atoms with Gasteiger partial charge < -0.3 is 9.73 Å². The van der Waals surface area contributed by atoms with E-state index in [1.165, 1.54) is 5.56 Å². The molecule has 0 radical (unpaired) electrons. The molecule has 0 aliphatic rings. The van der Waals surface area contributed by atoms with Crippen LogP contribution >= 0.6 is 15.9 Å². The van der Waals surface area contributed by atoms with Gasteiger partial charge in [0.25, 0.3) is 0 Å². The predicted octanol–water partition coefficient (Wildman–Crippen LogP) is 3.90. The molecule has 1 N–H and O–H groups in total. The summed E-state index contributed by atoms with van der Waals surface area (Å²) in [6, 6.07) is 14.1. The van der Waals surface area contributed by atoms with Gasteiger partial charge in [-0.05, 0) is 33.6 Å². The van der Waals surface area contributed by atoms with Crippen LogP contribution in [0.3, 0.4) is 0 Å². The van der Waals surface area contributed by atoms with Gasteiger partial charge in [-0.2, -0.15) is 5.10 Å². The van der Waals surface area contributed by atoms with Gasteiger partial charge in [-0.25, -0.2) is 0 Å². The average molecular weight is 332 g/mol. The molecule has 0 saturated heterocycles. The molecule has 3 rings (SSSR count). The van der Waals surface area contributed by atoms with Crippen molar-refractivity contribution >= 4 is 21.6 Å². The third-order valence-electron chi connectivity index (χ3n) is 2.92. The Balaban J connectivity index is 1.59. The van der Waals surface area contributed by atoms with E-state index in [4.69, 9.17) is 4.42 Å². The molecule has 5 heteroatoms. The van der Waals surface area contributed by atoms with Crippen molar-refractivity contribution in [2.24, 2.45) is 0 Å². The van der Waals surface area contributed by atoms with E-state index in [0.29, 0.717) is 6.54 Å². The Labute approximate surface area is 125 Å². The Morgan fingerprint density at radius 1 is 1.15 bits per heavy atom. The second-order valence-corrected chi connectivity index (χ2v) is 5.25. The number of benzene rings is 1. The number of hydrogen-bond donors (Lipinski definition) is 1. The summed E-state index contributed by atoms with van der Waals surface area (Å²) in [5.74, 6) is 0.882. The minimum atomic E-state index is 0.641. The molecule has 1 aromatic carbocycles. The largest absolute Gasteiger partial charge is 0.452 e. The van der Waals surface area contributed by atoms with E-state index in [1.807, 2.05) is 47.4 Å². The molecule has 4 nitrogen and oxygen atoms in total. The number of nitrogens with one attached hydrogen (secondary N) is 1. The average Bonchev–Trinajstić information content (AvgIpc) is 3.07. The molecule has 0 aliphatic heterocycles. The normalized spacial score (nSPS) is 10.7. The standard InChI is InChI=1S/C15H14BrN3O/c16-15-7-6-14(20-15)9-17-13-8-18-19(11-13)10-12-4-2-1-3-5-12/h1-8,11,17H,9-10H2. The first kappa shape index (κ1) is 13.0. The molecule has 102 valence electrons. The highest BCUT2D eigenvalue weighted by atomic mass is 79.9. The number of hydrogen-bond acceptors (Lipinski definition) is 3. The van der Waals surface area contributed by atoms with Crippen LogP contribution in [0.4, 0.5) is 5.69 Å². The monoisotopic (exact) mass is 331 g/mol. The van der Waals surface area contributed by atoms with Gasteiger partial charge in [0.1, 0.15) is 5.76 Å². The lowest BCUT2D eigenvalue weighted by molar-refractivity contribution is 0.495. The van der Waals surface area contributed by atoms with Crippen LogP contribution in [0, 0.1) is 0 Å². The lowest BCUT2D eigenvalue weighted by Crippen LogP contribution is -2.00. The van der Waals surface area contributed by atoms with E-state index in [0.717, 1.165) is 22.7 Å². The van der Waals surface area contributed by atoms with E-state index in [1.54, 1.807) is 0 Å². The number of aromatic nitrogens is 2. The summed E-state index contributed by atoms with van der Waals surface area (Å²) in [4.78, 5) is 0. The molecule has 0 aliphatic carbocycles. The quantitative estimate of drug-likeness (QED) is 0.771. The number of halogens is 1. The van der Waals surface area contributed by atoms with E-state index < -0.39 is 0 Å². The fraction of sp³-hybridized carbons (Fsp3) is 0.133. The summed E-state index contributed by atoms with van der Waals surface area (Å²) in [6.07, 6.45) is 3.81. The fourth-order valence-electron chi connectivity index (χ4n) is 1.95. The summed E-state index contributed by atoms with van der Waals surface area (Å²) >= 11 is 3.29. The minimum absolute atomic E-state index is 0.641. The van der Waals surface area contributed by atoms with Crippen molar-refractivity contribution in [1.82, 2.24) is 9.78 Å². The molecule has 0 unspecified atom stereocenters. The Morgan fingerprint density at radius 3 is 2.75 bits per heavy atom. The lowest BCUT2D eigenvalue weighted by Gasteiger charge is -2.01. The van der Waals surface area contributed by atoms with Crippen LogP contribution in [0.25, 0.3) is 0 Å². The highest BCUT2D eigenvalue weighted by Crippen LogP contribution is 2.15. The first-order valence-electron chi connectivity index (χ1n) is 6.34. The fourth-order valence-corrected chi connectivity index (χ4v) is 2.29. The molecular weight excluding hydrogens is 318 g/mol. The van der Waals surface area contributed by atoms with Crippen LogP contribution in [0.1, 0.15) is 11.3 Å². The molecule has 2 aromatic heterocycles. The van der Waals surface area contributed by atoms with Crippen molar-refractivity contribution in [2.75, 3.05) is 5.32 Å². The smallest absolute Gasteiger partial charge is 0.169 e. The summed E-state index contributed by atoms with van der Waals surface area (Å²) in [5.41, 5.74) is 2.21. The van der Waals surface area contributed by atoms with Crippen molar-refractivity contribution in [3.63, 3.8) is 0 Å². The molecule has 2 heterocycles. The Kier molecular flexibility index (Phi) is 3.87. The Morgan fingerprint density at radius 2 is 2.00 bits per heavy atom. The summed E-state index contributed by atoms with van der Waals surface area (Å²) in [5, 5.41) is 7.63. The van der Waals surface area contributed by atoms with Crippen molar-refractivity contribution < 1.29 is 4.42 Å². The van der Waals surface area contributed by atoms with Gasteiger partial charge in [0.2, 0.25) is 0 Å². The van der Waals surface area contributed by atoms with Gasteiger partial charge in [-0.15, -0.1) is 0 Å². The topological polar surface area (TPSA) is 43.0 Å².